The first-order valence-electron chi connectivity index (χ1n) is 8.47. The van der Waals surface area contributed by atoms with E-state index in [1.54, 1.807) is 18.4 Å². The van der Waals surface area contributed by atoms with Crippen molar-refractivity contribution in [1.29, 1.82) is 0 Å². The zero-order valence-corrected chi connectivity index (χ0v) is 14.8. The second-order valence-electron chi connectivity index (χ2n) is 6.24. The van der Waals surface area contributed by atoms with Gasteiger partial charge in [0.05, 0.1) is 12.8 Å². The van der Waals surface area contributed by atoms with E-state index in [-0.39, 0.29) is 17.6 Å². The highest BCUT2D eigenvalue weighted by Crippen LogP contribution is 2.28. The van der Waals surface area contributed by atoms with Crippen LogP contribution in [0.4, 0.5) is 4.39 Å². The minimum atomic E-state index is -0.265. The quantitative estimate of drug-likeness (QED) is 0.647. The normalized spacial score (nSPS) is 12.3. The molecule has 136 valence electrons. The summed E-state index contributed by atoms with van der Waals surface area (Å²) in [5.41, 5.74) is 0.967. The monoisotopic (exact) mass is 347 g/mol. The molecule has 2 N–H and O–H groups in total. The van der Waals surface area contributed by atoms with E-state index < -0.39 is 0 Å². The Balaban J connectivity index is 1.82. The summed E-state index contributed by atoms with van der Waals surface area (Å²) in [4.78, 5) is 13.9. The number of amides is 1. The lowest BCUT2D eigenvalue weighted by Gasteiger charge is -2.16. The van der Waals surface area contributed by atoms with Crippen LogP contribution in [0.1, 0.15) is 23.7 Å². The molecule has 0 bridgehead atoms. The zero-order valence-electron chi connectivity index (χ0n) is 14.8. The van der Waals surface area contributed by atoms with Gasteiger partial charge < -0.3 is 20.0 Å². The SMILES string of the molecule is CN(C)CCNCC(=O)NCC[C@@H](c1ccc(F)cc1)c1ccco1. The molecule has 2 aromatic rings. The molecule has 1 amide bonds. The van der Waals surface area contributed by atoms with Crippen LogP contribution in [-0.4, -0.2) is 51.1 Å². The largest absolute Gasteiger partial charge is 0.469 e. The fourth-order valence-electron chi connectivity index (χ4n) is 2.58. The Morgan fingerprint density at radius 1 is 1.20 bits per heavy atom. The molecule has 1 heterocycles. The van der Waals surface area contributed by atoms with Crippen LogP contribution >= 0.6 is 0 Å². The Morgan fingerprint density at radius 3 is 2.60 bits per heavy atom. The third-order valence-electron chi connectivity index (χ3n) is 3.94. The number of benzene rings is 1. The van der Waals surface area contributed by atoms with Crippen LogP contribution in [0.5, 0.6) is 0 Å². The van der Waals surface area contributed by atoms with Crippen molar-refractivity contribution in [3.05, 3.63) is 59.8 Å². The van der Waals surface area contributed by atoms with Crippen LogP contribution < -0.4 is 10.6 Å². The molecule has 1 atom stereocenters. The van der Waals surface area contributed by atoms with Crippen LogP contribution in [-0.2, 0) is 4.79 Å². The summed E-state index contributed by atoms with van der Waals surface area (Å²) < 4.78 is 18.7. The van der Waals surface area contributed by atoms with E-state index in [4.69, 9.17) is 4.42 Å². The van der Waals surface area contributed by atoms with Crippen LogP contribution in [0.3, 0.4) is 0 Å². The van der Waals surface area contributed by atoms with Crippen molar-refractivity contribution in [3.8, 4) is 0 Å². The molecule has 1 aromatic heterocycles. The molecule has 0 unspecified atom stereocenters. The maximum atomic E-state index is 13.2. The van der Waals surface area contributed by atoms with Gasteiger partial charge in [-0.15, -0.1) is 0 Å². The molecule has 1 aromatic carbocycles. The van der Waals surface area contributed by atoms with Crippen LogP contribution in [0.15, 0.2) is 47.1 Å². The molecular weight excluding hydrogens is 321 g/mol. The standard InChI is InChI=1S/C19H26FN3O2/c1-23(2)12-11-21-14-19(24)22-10-9-17(18-4-3-13-25-18)15-5-7-16(20)8-6-15/h3-8,13,17,21H,9-12,14H2,1-2H3,(H,22,24)/t17-/m0/s1. The first-order valence-corrected chi connectivity index (χ1v) is 8.47. The first-order chi connectivity index (χ1) is 12.1. The van der Waals surface area contributed by atoms with E-state index in [9.17, 15) is 9.18 Å². The van der Waals surface area contributed by atoms with E-state index in [0.29, 0.717) is 19.5 Å². The van der Waals surface area contributed by atoms with Crippen LogP contribution in [0.2, 0.25) is 0 Å². The van der Waals surface area contributed by atoms with Crippen molar-refractivity contribution in [2.45, 2.75) is 12.3 Å². The summed E-state index contributed by atoms with van der Waals surface area (Å²) in [6, 6.07) is 10.1. The van der Waals surface area contributed by atoms with Crippen molar-refractivity contribution in [1.82, 2.24) is 15.5 Å². The summed E-state index contributed by atoms with van der Waals surface area (Å²) in [6.45, 7) is 2.48. The number of likely N-dealkylation sites (N-methyl/N-ethyl adjacent to an activating group) is 1. The molecule has 2 rings (SSSR count). The Morgan fingerprint density at radius 2 is 1.96 bits per heavy atom. The molecule has 5 nitrogen and oxygen atoms in total. The van der Waals surface area contributed by atoms with Gasteiger partial charge in [0.2, 0.25) is 5.91 Å². The van der Waals surface area contributed by atoms with Crippen molar-refractivity contribution in [2.75, 3.05) is 40.3 Å². The van der Waals surface area contributed by atoms with Gasteiger partial charge in [0.15, 0.2) is 0 Å². The fraction of sp³-hybridized carbons (Fsp3) is 0.421. The van der Waals surface area contributed by atoms with Crippen molar-refractivity contribution in [3.63, 3.8) is 0 Å². The Labute approximate surface area is 148 Å². The van der Waals surface area contributed by atoms with Gasteiger partial charge in [-0.2, -0.15) is 0 Å². The lowest BCUT2D eigenvalue weighted by Crippen LogP contribution is -2.37. The summed E-state index contributed by atoms with van der Waals surface area (Å²) >= 11 is 0. The van der Waals surface area contributed by atoms with Gasteiger partial charge in [0.25, 0.3) is 0 Å². The minimum Gasteiger partial charge on any atom is -0.469 e. The van der Waals surface area contributed by atoms with Crippen LogP contribution in [0.25, 0.3) is 0 Å². The van der Waals surface area contributed by atoms with Gasteiger partial charge in [-0.1, -0.05) is 12.1 Å². The van der Waals surface area contributed by atoms with E-state index >= 15 is 0 Å². The summed E-state index contributed by atoms with van der Waals surface area (Å²) in [5, 5.41) is 6.02. The van der Waals surface area contributed by atoms with E-state index in [1.165, 1.54) is 12.1 Å². The average Bonchev–Trinajstić information content (AvgIpc) is 3.11. The number of carbonyl (C=O) groups is 1. The number of carbonyl (C=O) groups excluding carboxylic acids is 1. The number of rotatable bonds is 10. The maximum Gasteiger partial charge on any atom is 0.233 e. The minimum absolute atomic E-state index is 0.0161. The van der Waals surface area contributed by atoms with E-state index in [0.717, 1.165) is 24.4 Å². The van der Waals surface area contributed by atoms with Gasteiger partial charge in [-0.05, 0) is 50.3 Å². The molecular formula is C19H26FN3O2. The predicted octanol–water partition coefficient (Wildman–Crippen LogP) is 2.21. The number of nitrogens with zero attached hydrogens (tertiary/aromatic N) is 1. The van der Waals surface area contributed by atoms with Gasteiger partial charge in [0.1, 0.15) is 11.6 Å². The van der Waals surface area contributed by atoms with Crippen molar-refractivity contribution in [2.24, 2.45) is 0 Å². The highest BCUT2D eigenvalue weighted by molar-refractivity contribution is 5.77. The molecule has 0 aliphatic heterocycles. The Kier molecular flexibility index (Phi) is 7.63. The third kappa shape index (κ3) is 6.68. The average molecular weight is 347 g/mol. The second kappa shape index (κ2) is 9.96. The molecule has 0 saturated heterocycles. The molecule has 25 heavy (non-hydrogen) atoms. The third-order valence-corrected chi connectivity index (χ3v) is 3.94. The van der Waals surface area contributed by atoms with Gasteiger partial charge >= 0.3 is 0 Å². The molecule has 0 fully saturated rings. The lowest BCUT2D eigenvalue weighted by molar-refractivity contribution is -0.120. The number of halogens is 1. The maximum absolute atomic E-state index is 13.2. The molecule has 6 heteroatoms. The van der Waals surface area contributed by atoms with Gasteiger partial charge in [0, 0.05) is 25.6 Å². The smallest absolute Gasteiger partial charge is 0.233 e. The fourth-order valence-corrected chi connectivity index (χ4v) is 2.58. The highest BCUT2D eigenvalue weighted by atomic mass is 19.1. The Hall–Kier alpha value is -2.18. The molecule has 0 aliphatic carbocycles. The number of nitrogens with one attached hydrogen (secondary N) is 2. The van der Waals surface area contributed by atoms with Gasteiger partial charge in [-0.3, -0.25) is 4.79 Å². The van der Waals surface area contributed by atoms with Gasteiger partial charge in [-0.25, -0.2) is 4.39 Å². The highest BCUT2D eigenvalue weighted by Gasteiger charge is 2.17. The number of hydrogen-bond acceptors (Lipinski definition) is 4. The molecule has 0 saturated carbocycles. The summed E-state index contributed by atoms with van der Waals surface area (Å²) in [6.07, 6.45) is 2.31. The molecule has 0 radical (unpaired) electrons. The first kappa shape index (κ1) is 19.1. The van der Waals surface area contributed by atoms with E-state index in [1.807, 2.05) is 26.2 Å². The summed E-state index contributed by atoms with van der Waals surface area (Å²) in [5.74, 6) is 0.498. The van der Waals surface area contributed by atoms with Crippen molar-refractivity contribution < 1.29 is 13.6 Å². The topological polar surface area (TPSA) is 57.5 Å². The predicted molar refractivity (Wildman–Crippen MR) is 96.0 cm³/mol. The Bertz CT molecular complexity index is 627. The van der Waals surface area contributed by atoms with E-state index in [2.05, 4.69) is 15.5 Å². The number of hydrogen-bond donors (Lipinski definition) is 2. The molecule has 0 spiro atoms. The second-order valence-corrected chi connectivity index (χ2v) is 6.24. The van der Waals surface area contributed by atoms with Crippen molar-refractivity contribution >= 4 is 5.91 Å². The lowest BCUT2D eigenvalue weighted by atomic mass is 9.93. The zero-order chi connectivity index (χ0) is 18.1. The number of furan rings is 1. The van der Waals surface area contributed by atoms with Crippen LogP contribution in [0, 0.1) is 5.82 Å². The molecule has 0 aliphatic rings. The summed E-state index contributed by atoms with van der Waals surface area (Å²) in [7, 11) is 3.98.